The molecule has 4 fully saturated rings. The highest BCUT2D eigenvalue weighted by Gasteiger charge is 2.60. The van der Waals surface area contributed by atoms with Crippen LogP contribution in [0.4, 0.5) is 0 Å². The van der Waals surface area contributed by atoms with E-state index in [-0.39, 0.29) is 35.6 Å². The SMILES string of the molecule is C=C([C@H]1[C@H]2C[C@H](OC)O[C@H]2O[C@@H]1CO[Si](c1ccccc1)(c1ccccc1)C(C)(C)C)[C@H]1CC[C@H]2C(C)(C)CCC[C@]12C. The second kappa shape index (κ2) is 11.5. The van der Waals surface area contributed by atoms with Crippen molar-refractivity contribution >= 4 is 18.7 Å². The van der Waals surface area contributed by atoms with E-state index in [4.69, 9.17) is 25.2 Å². The van der Waals surface area contributed by atoms with Crippen LogP contribution in [0.15, 0.2) is 72.8 Å². The largest absolute Gasteiger partial charge is 0.405 e. The summed E-state index contributed by atoms with van der Waals surface area (Å²) >= 11 is 0. The summed E-state index contributed by atoms with van der Waals surface area (Å²) in [5.74, 6) is 1.67. The molecular weight excluding hydrogens is 549 g/mol. The van der Waals surface area contributed by atoms with Gasteiger partial charge in [0.15, 0.2) is 12.6 Å². The van der Waals surface area contributed by atoms with Crippen molar-refractivity contribution in [2.24, 2.45) is 34.5 Å². The van der Waals surface area contributed by atoms with Crippen molar-refractivity contribution in [1.29, 1.82) is 0 Å². The molecule has 2 aromatic carbocycles. The number of methoxy groups -OCH3 is 1. The summed E-state index contributed by atoms with van der Waals surface area (Å²) in [6, 6.07) is 21.9. The van der Waals surface area contributed by atoms with Crippen molar-refractivity contribution in [3.05, 3.63) is 72.8 Å². The fourth-order valence-corrected chi connectivity index (χ4v) is 14.8. The summed E-state index contributed by atoms with van der Waals surface area (Å²) in [6.45, 7) is 20.1. The van der Waals surface area contributed by atoms with E-state index >= 15 is 0 Å². The average Bonchev–Trinajstić information content (AvgIpc) is 3.64. The maximum absolute atomic E-state index is 7.46. The molecule has 234 valence electrons. The van der Waals surface area contributed by atoms with Gasteiger partial charge in [-0.1, -0.05) is 121 Å². The lowest BCUT2D eigenvalue weighted by Crippen LogP contribution is -2.67. The van der Waals surface area contributed by atoms with Crippen LogP contribution < -0.4 is 10.4 Å². The summed E-state index contributed by atoms with van der Waals surface area (Å²) in [4.78, 5) is 0. The molecule has 4 aliphatic rings. The molecule has 0 unspecified atom stereocenters. The first kappa shape index (κ1) is 31.2. The zero-order chi connectivity index (χ0) is 30.6. The lowest BCUT2D eigenvalue weighted by molar-refractivity contribution is -0.202. The van der Waals surface area contributed by atoms with E-state index in [1.807, 2.05) is 0 Å². The zero-order valence-corrected chi connectivity index (χ0v) is 28.6. The van der Waals surface area contributed by atoms with E-state index < -0.39 is 8.32 Å². The van der Waals surface area contributed by atoms with Crippen LogP contribution in [-0.4, -0.2) is 40.7 Å². The Kier molecular flexibility index (Phi) is 8.39. The van der Waals surface area contributed by atoms with E-state index in [0.29, 0.717) is 23.4 Å². The minimum Gasteiger partial charge on any atom is -0.405 e. The van der Waals surface area contributed by atoms with Crippen LogP contribution in [0.3, 0.4) is 0 Å². The summed E-state index contributed by atoms with van der Waals surface area (Å²) in [6.07, 6.45) is 6.74. The molecule has 43 heavy (non-hydrogen) atoms. The minimum atomic E-state index is -2.71. The molecule has 2 saturated heterocycles. The van der Waals surface area contributed by atoms with Crippen LogP contribution in [0.25, 0.3) is 0 Å². The van der Waals surface area contributed by atoms with Crippen LogP contribution in [0.5, 0.6) is 0 Å². The lowest BCUT2D eigenvalue weighted by atomic mass is 9.54. The quantitative estimate of drug-likeness (QED) is 0.229. The van der Waals surface area contributed by atoms with Crippen LogP contribution in [0, 0.1) is 34.5 Å². The van der Waals surface area contributed by atoms with Gasteiger partial charge in [-0.3, -0.25) is 0 Å². The number of rotatable bonds is 8. The van der Waals surface area contributed by atoms with Crippen molar-refractivity contribution in [2.75, 3.05) is 13.7 Å². The Labute approximate surface area is 261 Å². The van der Waals surface area contributed by atoms with E-state index in [1.165, 1.54) is 48.1 Å². The van der Waals surface area contributed by atoms with Gasteiger partial charge in [0.1, 0.15) is 0 Å². The first-order valence-electron chi connectivity index (χ1n) is 16.7. The first-order chi connectivity index (χ1) is 20.4. The molecular formula is C38H54O4Si. The van der Waals surface area contributed by atoms with E-state index in [0.717, 1.165) is 12.3 Å². The van der Waals surface area contributed by atoms with Crippen molar-refractivity contribution in [3.63, 3.8) is 0 Å². The van der Waals surface area contributed by atoms with Crippen molar-refractivity contribution < 1.29 is 18.6 Å². The Bertz CT molecular complexity index is 1230. The highest BCUT2D eigenvalue weighted by Crippen LogP contribution is 2.65. The molecule has 2 saturated carbocycles. The smallest absolute Gasteiger partial charge is 0.261 e. The summed E-state index contributed by atoms with van der Waals surface area (Å²) < 4.78 is 26.3. The molecule has 2 aliphatic carbocycles. The number of ether oxygens (including phenoxy) is 3. The maximum Gasteiger partial charge on any atom is 0.261 e. The van der Waals surface area contributed by atoms with Gasteiger partial charge in [-0.2, -0.15) is 0 Å². The molecule has 0 radical (unpaired) electrons. The van der Waals surface area contributed by atoms with Crippen LogP contribution in [0.2, 0.25) is 5.04 Å². The second-order valence-electron chi connectivity index (χ2n) is 15.8. The molecule has 8 atom stereocenters. The van der Waals surface area contributed by atoms with Crippen LogP contribution in [0.1, 0.15) is 80.1 Å². The predicted molar refractivity (Wildman–Crippen MR) is 177 cm³/mol. The Balaban J connectivity index is 1.34. The van der Waals surface area contributed by atoms with E-state index in [2.05, 4.69) is 102 Å². The van der Waals surface area contributed by atoms with Crippen molar-refractivity contribution in [3.8, 4) is 0 Å². The predicted octanol–water partition coefficient (Wildman–Crippen LogP) is 7.71. The summed E-state index contributed by atoms with van der Waals surface area (Å²) in [5, 5.41) is 2.51. The molecule has 2 aromatic rings. The van der Waals surface area contributed by atoms with Gasteiger partial charge in [0, 0.05) is 25.4 Å². The van der Waals surface area contributed by atoms with Gasteiger partial charge in [0.05, 0.1) is 12.7 Å². The monoisotopic (exact) mass is 602 g/mol. The minimum absolute atomic E-state index is 0.0891. The van der Waals surface area contributed by atoms with Crippen molar-refractivity contribution in [2.45, 2.75) is 104 Å². The molecule has 2 heterocycles. The third kappa shape index (κ3) is 5.21. The molecule has 0 aromatic heterocycles. The molecule has 0 N–H and O–H groups in total. The van der Waals surface area contributed by atoms with Gasteiger partial charge in [-0.15, -0.1) is 0 Å². The van der Waals surface area contributed by atoms with Gasteiger partial charge in [-0.05, 0) is 63.8 Å². The first-order valence-corrected chi connectivity index (χ1v) is 18.6. The molecule has 6 rings (SSSR count). The Morgan fingerprint density at radius 3 is 2.14 bits per heavy atom. The molecule has 0 spiro atoms. The number of hydrogen-bond donors (Lipinski definition) is 0. The normalized spacial score (nSPS) is 35.5. The molecule has 5 heteroatoms. The highest BCUT2D eigenvalue weighted by molar-refractivity contribution is 6.99. The molecule has 0 amide bonds. The third-order valence-corrected chi connectivity index (χ3v) is 17.1. The standard InChI is InChI=1S/C38H54O4Si/c1-26(30-20-21-32-37(5,6)22-15-23-38(30,32)7)34-29-24-33(39-8)42-35(29)41-31(34)25-40-43(36(2,3)4,27-16-11-9-12-17-27)28-18-13-10-14-19-28/h9-14,16-19,29-35H,1,15,20-25H2,2-8H3/t29-,30-,31-,32+,33-,34+,35-,38-/m1/s1. The lowest BCUT2D eigenvalue weighted by Gasteiger charge is -2.51. The third-order valence-electron chi connectivity index (χ3n) is 12.1. The maximum atomic E-state index is 7.46. The van der Waals surface area contributed by atoms with Gasteiger partial charge in [0.2, 0.25) is 0 Å². The fourth-order valence-electron chi connectivity index (χ4n) is 10.2. The van der Waals surface area contributed by atoms with Crippen LogP contribution >= 0.6 is 0 Å². The van der Waals surface area contributed by atoms with Crippen molar-refractivity contribution in [1.82, 2.24) is 0 Å². The average molecular weight is 603 g/mol. The van der Waals surface area contributed by atoms with Gasteiger partial charge >= 0.3 is 0 Å². The summed E-state index contributed by atoms with van der Waals surface area (Å²) in [5.41, 5.74) is 2.06. The molecule has 4 nitrogen and oxygen atoms in total. The zero-order valence-electron chi connectivity index (χ0n) is 27.6. The van der Waals surface area contributed by atoms with E-state index in [9.17, 15) is 0 Å². The number of fused-ring (bicyclic) bond motifs is 2. The number of benzene rings is 2. The number of hydrogen-bond acceptors (Lipinski definition) is 4. The van der Waals surface area contributed by atoms with Crippen LogP contribution in [-0.2, 0) is 18.6 Å². The topological polar surface area (TPSA) is 36.9 Å². The Morgan fingerprint density at radius 2 is 1.56 bits per heavy atom. The van der Waals surface area contributed by atoms with Gasteiger partial charge in [-0.25, -0.2) is 0 Å². The van der Waals surface area contributed by atoms with Gasteiger partial charge in [0.25, 0.3) is 8.32 Å². The fraction of sp³-hybridized carbons (Fsp3) is 0.632. The molecule has 2 aliphatic heterocycles. The second-order valence-corrected chi connectivity index (χ2v) is 20.2. The van der Waals surface area contributed by atoms with E-state index in [1.54, 1.807) is 7.11 Å². The van der Waals surface area contributed by atoms with Gasteiger partial charge < -0.3 is 18.6 Å². The Morgan fingerprint density at radius 1 is 0.930 bits per heavy atom. The summed E-state index contributed by atoms with van der Waals surface area (Å²) in [7, 11) is -0.964. The Hall–Kier alpha value is -1.76. The highest BCUT2D eigenvalue weighted by atomic mass is 28.4. The molecule has 0 bridgehead atoms.